The second-order valence-electron chi connectivity index (χ2n) is 8.58. The van der Waals surface area contributed by atoms with Crippen LogP contribution in [0.25, 0.3) is 0 Å². The molecule has 2 atom stereocenters. The van der Waals surface area contributed by atoms with Crippen molar-refractivity contribution in [1.82, 2.24) is 14.5 Å². The third-order valence-corrected chi connectivity index (χ3v) is 7.73. The molecular weight excluding hydrogens is 406 g/mol. The number of benzene rings is 2. The van der Waals surface area contributed by atoms with E-state index in [1.165, 1.54) is 52.2 Å². The molecule has 0 spiro atoms. The molecule has 31 heavy (non-hydrogen) atoms. The quantitative estimate of drug-likeness (QED) is 0.545. The molecule has 164 valence electrons. The standard InChI is InChI=1S/C25H31N3O2S/c1-3-7-21-16-22-11-10-20(12-13-27-31(29,30)23-17-26-28(2)18-23)15-25(22)24(21)14-19-8-5-4-6-9-19/h4-6,8-11,15,17-18,21,24,27H,3,7,12-14,16H2,1-2H3. The number of nitrogens with zero attached hydrogens (tertiary/aromatic N) is 2. The third kappa shape index (κ3) is 5.08. The first-order valence-electron chi connectivity index (χ1n) is 11.1. The Morgan fingerprint density at radius 3 is 2.65 bits per heavy atom. The molecule has 2 unspecified atom stereocenters. The Hall–Kier alpha value is -2.44. The summed E-state index contributed by atoms with van der Waals surface area (Å²) >= 11 is 0. The van der Waals surface area contributed by atoms with Gasteiger partial charge in [-0.3, -0.25) is 4.68 Å². The Kier molecular flexibility index (Phi) is 6.58. The first-order valence-corrected chi connectivity index (χ1v) is 12.6. The van der Waals surface area contributed by atoms with E-state index in [0.717, 1.165) is 12.8 Å². The Bertz CT molecular complexity index is 1120. The fourth-order valence-corrected chi connectivity index (χ4v) is 5.79. The van der Waals surface area contributed by atoms with E-state index in [-0.39, 0.29) is 4.90 Å². The van der Waals surface area contributed by atoms with Crippen LogP contribution in [-0.2, 0) is 36.3 Å². The van der Waals surface area contributed by atoms with Crippen molar-refractivity contribution in [3.63, 3.8) is 0 Å². The van der Waals surface area contributed by atoms with Crippen LogP contribution in [0.2, 0.25) is 0 Å². The summed E-state index contributed by atoms with van der Waals surface area (Å²) in [6.45, 7) is 2.64. The highest BCUT2D eigenvalue weighted by Gasteiger charge is 2.32. The van der Waals surface area contributed by atoms with Crippen molar-refractivity contribution >= 4 is 10.0 Å². The lowest BCUT2D eigenvalue weighted by Crippen LogP contribution is -2.25. The maximum atomic E-state index is 12.4. The highest BCUT2D eigenvalue weighted by molar-refractivity contribution is 7.89. The van der Waals surface area contributed by atoms with E-state index in [1.807, 2.05) is 0 Å². The fourth-order valence-electron chi connectivity index (χ4n) is 4.78. The van der Waals surface area contributed by atoms with E-state index in [4.69, 9.17) is 0 Å². The van der Waals surface area contributed by atoms with Crippen LogP contribution in [0.4, 0.5) is 0 Å². The normalized spacial score (nSPS) is 18.3. The van der Waals surface area contributed by atoms with Gasteiger partial charge in [0.05, 0.1) is 6.20 Å². The van der Waals surface area contributed by atoms with Crippen molar-refractivity contribution < 1.29 is 8.42 Å². The van der Waals surface area contributed by atoms with Crippen LogP contribution in [0.5, 0.6) is 0 Å². The van der Waals surface area contributed by atoms with Gasteiger partial charge in [0.2, 0.25) is 10.0 Å². The molecule has 4 rings (SSSR count). The van der Waals surface area contributed by atoms with Crippen LogP contribution >= 0.6 is 0 Å². The first-order chi connectivity index (χ1) is 15.0. The van der Waals surface area contributed by atoms with Gasteiger partial charge < -0.3 is 0 Å². The molecule has 0 aliphatic heterocycles. The number of rotatable bonds is 9. The van der Waals surface area contributed by atoms with E-state index in [9.17, 15) is 8.42 Å². The van der Waals surface area contributed by atoms with Gasteiger partial charge in [-0.2, -0.15) is 5.10 Å². The second kappa shape index (κ2) is 9.37. The highest BCUT2D eigenvalue weighted by Crippen LogP contribution is 2.42. The van der Waals surface area contributed by atoms with Crippen molar-refractivity contribution in [1.29, 1.82) is 0 Å². The molecule has 1 aliphatic rings. The monoisotopic (exact) mass is 437 g/mol. The number of hydrogen-bond donors (Lipinski definition) is 1. The minimum Gasteiger partial charge on any atom is -0.274 e. The molecule has 1 aliphatic carbocycles. The van der Waals surface area contributed by atoms with Crippen molar-refractivity contribution in [3.05, 3.63) is 83.2 Å². The van der Waals surface area contributed by atoms with Gasteiger partial charge in [0, 0.05) is 19.8 Å². The number of nitrogens with one attached hydrogen (secondary N) is 1. The van der Waals surface area contributed by atoms with Crippen LogP contribution in [0, 0.1) is 5.92 Å². The number of aryl methyl sites for hydroxylation is 1. The molecule has 0 bridgehead atoms. The van der Waals surface area contributed by atoms with Crippen molar-refractivity contribution in [3.8, 4) is 0 Å². The maximum Gasteiger partial charge on any atom is 0.243 e. The number of hydrogen-bond acceptors (Lipinski definition) is 3. The summed E-state index contributed by atoms with van der Waals surface area (Å²) in [7, 11) is -1.81. The van der Waals surface area contributed by atoms with Gasteiger partial charge in [-0.1, -0.05) is 61.9 Å². The number of fused-ring (bicyclic) bond motifs is 1. The van der Waals surface area contributed by atoms with Gasteiger partial charge in [-0.15, -0.1) is 0 Å². The zero-order chi connectivity index (χ0) is 21.8. The minimum absolute atomic E-state index is 0.203. The van der Waals surface area contributed by atoms with Gasteiger partial charge in [0.15, 0.2) is 0 Å². The molecule has 0 saturated heterocycles. The average molecular weight is 438 g/mol. The van der Waals surface area contributed by atoms with Crippen LogP contribution in [0.3, 0.4) is 0 Å². The molecule has 0 fully saturated rings. The first kappa shape index (κ1) is 21.8. The van der Waals surface area contributed by atoms with Gasteiger partial charge >= 0.3 is 0 Å². The Balaban J connectivity index is 1.47. The SMILES string of the molecule is CCCC1Cc2ccc(CCNS(=O)(=O)c3cnn(C)c3)cc2C1Cc1ccccc1. The third-order valence-electron chi connectivity index (χ3n) is 6.32. The molecule has 0 saturated carbocycles. The average Bonchev–Trinajstić information content (AvgIpc) is 3.34. The molecule has 1 heterocycles. The van der Waals surface area contributed by atoms with E-state index >= 15 is 0 Å². The molecule has 1 aromatic heterocycles. The second-order valence-corrected chi connectivity index (χ2v) is 10.3. The summed E-state index contributed by atoms with van der Waals surface area (Å²) in [4.78, 5) is 0.203. The number of sulfonamides is 1. The lowest BCUT2D eigenvalue weighted by molar-refractivity contribution is 0.418. The summed E-state index contributed by atoms with van der Waals surface area (Å²) in [5.74, 6) is 1.21. The van der Waals surface area contributed by atoms with Crippen LogP contribution in [0.15, 0.2) is 65.8 Å². The van der Waals surface area contributed by atoms with Crippen LogP contribution < -0.4 is 4.72 Å². The summed E-state index contributed by atoms with van der Waals surface area (Å²) in [5.41, 5.74) is 5.48. The van der Waals surface area contributed by atoms with E-state index < -0.39 is 10.0 Å². The van der Waals surface area contributed by atoms with E-state index in [0.29, 0.717) is 24.8 Å². The zero-order valence-electron chi connectivity index (χ0n) is 18.3. The minimum atomic E-state index is -3.52. The molecular formula is C25H31N3O2S. The van der Waals surface area contributed by atoms with Gasteiger partial charge in [0.1, 0.15) is 4.90 Å². The summed E-state index contributed by atoms with van der Waals surface area (Å²) in [5, 5.41) is 3.95. The molecule has 3 aromatic rings. The summed E-state index contributed by atoms with van der Waals surface area (Å²) in [6.07, 6.45) is 8.21. The molecule has 0 amide bonds. The van der Waals surface area contributed by atoms with Crippen LogP contribution in [-0.4, -0.2) is 24.7 Å². The largest absolute Gasteiger partial charge is 0.274 e. The Morgan fingerprint density at radius 2 is 1.94 bits per heavy atom. The predicted octanol–water partition coefficient (Wildman–Crippen LogP) is 4.24. The summed E-state index contributed by atoms with van der Waals surface area (Å²) in [6, 6.07) is 17.5. The van der Waals surface area contributed by atoms with E-state index in [2.05, 4.69) is 65.3 Å². The maximum absolute atomic E-state index is 12.4. The van der Waals surface area contributed by atoms with Gasteiger partial charge in [-0.25, -0.2) is 13.1 Å². The predicted molar refractivity (Wildman–Crippen MR) is 124 cm³/mol. The lowest BCUT2D eigenvalue weighted by Gasteiger charge is -2.20. The lowest BCUT2D eigenvalue weighted by atomic mass is 9.84. The van der Waals surface area contributed by atoms with Gasteiger partial charge in [-0.05, 0) is 59.8 Å². The Labute approximate surface area is 185 Å². The van der Waals surface area contributed by atoms with Crippen molar-refractivity contribution in [2.24, 2.45) is 13.0 Å². The molecule has 0 radical (unpaired) electrons. The molecule has 6 heteroatoms. The van der Waals surface area contributed by atoms with Crippen LogP contribution in [0.1, 0.15) is 47.9 Å². The topological polar surface area (TPSA) is 64.0 Å². The fraction of sp³-hybridized carbons (Fsp3) is 0.400. The van der Waals surface area contributed by atoms with Crippen molar-refractivity contribution in [2.75, 3.05) is 6.54 Å². The zero-order valence-corrected chi connectivity index (χ0v) is 19.1. The van der Waals surface area contributed by atoms with Crippen molar-refractivity contribution in [2.45, 2.75) is 49.8 Å². The van der Waals surface area contributed by atoms with Gasteiger partial charge in [0.25, 0.3) is 0 Å². The van der Waals surface area contributed by atoms with E-state index in [1.54, 1.807) is 7.05 Å². The summed E-state index contributed by atoms with van der Waals surface area (Å²) < 4.78 is 29.1. The molecule has 2 aromatic carbocycles. The molecule has 1 N–H and O–H groups in total. The smallest absolute Gasteiger partial charge is 0.243 e. The molecule has 5 nitrogen and oxygen atoms in total. The number of aromatic nitrogens is 2. The Morgan fingerprint density at radius 1 is 1.13 bits per heavy atom. The highest BCUT2D eigenvalue weighted by atomic mass is 32.2.